The van der Waals surface area contributed by atoms with E-state index < -0.39 is 40.6 Å². The molecule has 19 heavy (non-hydrogen) atoms. The highest BCUT2D eigenvalue weighted by molar-refractivity contribution is 6.08. The van der Waals surface area contributed by atoms with Gasteiger partial charge in [0.15, 0.2) is 0 Å². The zero-order valence-electron chi connectivity index (χ0n) is 9.65. The number of hydrogen-bond donors (Lipinski definition) is 4. The summed E-state index contributed by atoms with van der Waals surface area (Å²) in [6.45, 7) is 1.08. The van der Waals surface area contributed by atoms with Crippen LogP contribution in [0.2, 0.25) is 0 Å². The van der Waals surface area contributed by atoms with Crippen LogP contribution >= 0.6 is 0 Å². The van der Waals surface area contributed by atoms with E-state index in [1.165, 1.54) is 6.07 Å². The summed E-state index contributed by atoms with van der Waals surface area (Å²) in [6.07, 6.45) is 0. The topological polar surface area (TPSA) is 149 Å². The average molecular weight is 270 g/mol. The lowest BCUT2D eigenvalue weighted by Gasteiger charge is -2.04. The van der Waals surface area contributed by atoms with Gasteiger partial charge in [0.1, 0.15) is 0 Å². The van der Waals surface area contributed by atoms with Crippen molar-refractivity contribution in [2.45, 2.75) is 6.92 Å². The molecule has 0 aliphatic rings. The number of aliphatic carboxylic acids is 1. The van der Waals surface area contributed by atoms with Crippen LogP contribution in [0.3, 0.4) is 0 Å². The zero-order valence-corrected chi connectivity index (χ0v) is 9.65. The normalized spacial score (nSPS) is 8.89. The number of hydrogen-bond acceptors (Lipinski definition) is 4. The lowest BCUT2D eigenvalue weighted by molar-refractivity contribution is -0.134. The third kappa shape index (κ3) is 4.86. The van der Waals surface area contributed by atoms with E-state index in [9.17, 15) is 14.4 Å². The highest BCUT2D eigenvalue weighted by Crippen LogP contribution is 2.15. The minimum atomic E-state index is -1.58. The van der Waals surface area contributed by atoms with E-state index in [0.717, 1.165) is 19.1 Å². The van der Waals surface area contributed by atoms with Gasteiger partial charge in [0, 0.05) is 6.92 Å². The number of rotatable bonds is 3. The van der Waals surface area contributed by atoms with Crippen LogP contribution in [0, 0.1) is 0 Å². The smallest absolute Gasteiger partial charge is 0.337 e. The summed E-state index contributed by atoms with van der Waals surface area (Å²) >= 11 is 0. The number of aromatic carboxylic acids is 3. The fraction of sp³-hybridized carbons (Fsp3) is 0.0909. The molecule has 0 bridgehead atoms. The van der Waals surface area contributed by atoms with E-state index in [2.05, 4.69) is 0 Å². The molecule has 0 heterocycles. The lowest BCUT2D eigenvalue weighted by atomic mass is 10.0. The van der Waals surface area contributed by atoms with Crippen molar-refractivity contribution in [2.24, 2.45) is 0 Å². The lowest BCUT2D eigenvalue weighted by Crippen LogP contribution is -2.14. The number of carboxylic acids is 4. The van der Waals surface area contributed by atoms with Crippen LogP contribution in [0.4, 0.5) is 0 Å². The molecule has 0 aliphatic carbocycles. The van der Waals surface area contributed by atoms with Crippen LogP contribution in [-0.4, -0.2) is 44.3 Å². The number of carbonyl (C=O) groups is 4. The molecule has 1 rings (SSSR count). The van der Waals surface area contributed by atoms with Crippen molar-refractivity contribution < 1.29 is 39.6 Å². The average Bonchev–Trinajstić information content (AvgIpc) is 2.26. The molecule has 0 aliphatic heterocycles. The Morgan fingerprint density at radius 3 is 1.32 bits per heavy atom. The van der Waals surface area contributed by atoms with Gasteiger partial charge in [0.25, 0.3) is 5.97 Å². The summed E-state index contributed by atoms with van der Waals surface area (Å²) in [5.41, 5.74) is -1.79. The first-order chi connectivity index (χ1) is 8.68. The number of carboxylic acid groups (broad SMARTS) is 4. The van der Waals surface area contributed by atoms with E-state index in [0.29, 0.717) is 0 Å². The summed E-state index contributed by atoms with van der Waals surface area (Å²) in [4.78, 5) is 41.0. The van der Waals surface area contributed by atoms with E-state index in [4.69, 9.17) is 25.2 Å². The Morgan fingerprint density at radius 2 is 1.11 bits per heavy atom. The molecular weight excluding hydrogens is 260 g/mol. The molecule has 0 saturated heterocycles. The maximum absolute atomic E-state index is 10.7. The summed E-state index contributed by atoms with van der Waals surface area (Å²) in [5, 5.41) is 33.5. The van der Waals surface area contributed by atoms with Gasteiger partial charge in [0.05, 0.1) is 16.7 Å². The van der Waals surface area contributed by atoms with Crippen LogP contribution in [0.25, 0.3) is 0 Å². The van der Waals surface area contributed by atoms with Crippen molar-refractivity contribution in [2.75, 3.05) is 0 Å². The largest absolute Gasteiger partial charge is 0.481 e. The van der Waals surface area contributed by atoms with Crippen molar-refractivity contribution >= 4 is 23.9 Å². The van der Waals surface area contributed by atoms with Gasteiger partial charge in [-0.05, 0) is 12.1 Å². The van der Waals surface area contributed by atoms with Crippen LogP contribution in [0.1, 0.15) is 38.0 Å². The Bertz CT molecular complexity index is 495. The third-order valence-electron chi connectivity index (χ3n) is 1.74. The van der Waals surface area contributed by atoms with Crippen LogP contribution < -0.4 is 0 Å². The van der Waals surface area contributed by atoms with Gasteiger partial charge in [-0.3, -0.25) is 4.79 Å². The van der Waals surface area contributed by atoms with Crippen molar-refractivity contribution in [1.82, 2.24) is 0 Å². The fourth-order valence-electron chi connectivity index (χ4n) is 1.14. The molecule has 4 N–H and O–H groups in total. The zero-order chi connectivity index (χ0) is 15.2. The molecule has 8 nitrogen and oxygen atoms in total. The quantitative estimate of drug-likeness (QED) is 0.631. The van der Waals surface area contributed by atoms with E-state index in [1.54, 1.807) is 0 Å². The SMILES string of the molecule is CC(=O)O.O=C(O)c1cccc(C(=O)O)c1C(=O)O. The van der Waals surface area contributed by atoms with Gasteiger partial charge < -0.3 is 20.4 Å². The summed E-state index contributed by atoms with van der Waals surface area (Å²) < 4.78 is 0. The monoisotopic (exact) mass is 270 g/mol. The first-order valence-electron chi connectivity index (χ1n) is 4.70. The minimum absolute atomic E-state index is 0.539. The maximum atomic E-state index is 10.7. The fourth-order valence-corrected chi connectivity index (χ4v) is 1.14. The van der Waals surface area contributed by atoms with Gasteiger partial charge >= 0.3 is 17.9 Å². The Balaban J connectivity index is 0.000000711. The number of benzene rings is 1. The first-order valence-corrected chi connectivity index (χ1v) is 4.70. The molecule has 0 spiro atoms. The highest BCUT2D eigenvalue weighted by Gasteiger charge is 2.22. The van der Waals surface area contributed by atoms with Crippen molar-refractivity contribution in [3.05, 3.63) is 34.9 Å². The van der Waals surface area contributed by atoms with E-state index >= 15 is 0 Å². The van der Waals surface area contributed by atoms with Crippen molar-refractivity contribution in [3.63, 3.8) is 0 Å². The molecule has 8 heteroatoms. The first kappa shape index (κ1) is 16.1. The molecular formula is C11H10O8. The Kier molecular flexibility index (Phi) is 5.71. The second-order valence-electron chi connectivity index (χ2n) is 3.16. The second kappa shape index (κ2) is 6.74. The van der Waals surface area contributed by atoms with Gasteiger partial charge in [-0.1, -0.05) is 6.07 Å². The van der Waals surface area contributed by atoms with E-state index in [1.807, 2.05) is 0 Å². The maximum Gasteiger partial charge on any atom is 0.337 e. The molecule has 1 aromatic rings. The standard InChI is InChI=1S/C9H6O6.C2H4O2/c10-7(11)4-2-1-3-5(8(12)13)6(4)9(14)15;1-2(3)4/h1-3H,(H,10,11)(H,12,13)(H,14,15);1H3,(H,3,4). The molecule has 0 aromatic heterocycles. The van der Waals surface area contributed by atoms with Crippen LogP contribution in [0.5, 0.6) is 0 Å². The summed E-state index contributed by atoms with van der Waals surface area (Å²) in [5.74, 6) is -5.36. The predicted molar refractivity (Wildman–Crippen MR) is 60.6 cm³/mol. The minimum Gasteiger partial charge on any atom is -0.481 e. The van der Waals surface area contributed by atoms with Gasteiger partial charge in [-0.2, -0.15) is 0 Å². The third-order valence-corrected chi connectivity index (χ3v) is 1.74. The molecule has 0 atom stereocenters. The highest BCUT2D eigenvalue weighted by atomic mass is 16.4. The Morgan fingerprint density at radius 1 is 0.789 bits per heavy atom. The van der Waals surface area contributed by atoms with Crippen molar-refractivity contribution in [3.8, 4) is 0 Å². The molecule has 102 valence electrons. The summed E-state index contributed by atoms with van der Waals surface area (Å²) in [7, 11) is 0. The van der Waals surface area contributed by atoms with Crippen molar-refractivity contribution in [1.29, 1.82) is 0 Å². The molecule has 0 radical (unpaired) electrons. The molecule has 1 aromatic carbocycles. The van der Waals surface area contributed by atoms with Crippen LogP contribution in [-0.2, 0) is 4.79 Å². The molecule has 0 unspecified atom stereocenters. The molecule has 0 fully saturated rings. The van der Waals surface area contributed by atoms with Gasteiger partial charge in [0.2, 0.25) is 0 Å². The molecule has 0 saturated carbocycles. The van der Waals surface area contributed by atoms with Crippen LogP contribution in [0.15, 0.2) is 18.2 Å². The molecule has 0 amide bonds. The Labute approximate surface area is 106 Å². The van der Waals surface area contributed by atoms with Gasteiger partial charge in [-0.25, -0.2) is 14.4 Å². The van der Waals surface area contributed by atoms with Gasteiger partial charge in [-0.15, -0.1) is 0 Å². The summed E-state index contributed by atoms with van der Waals surface area (Å²) in [6, 6.07) is 3.26. The predicted octanol–water partition coefficient (Wildman–Crippen LogP) is 0.872. The van der Waals surface area contributed by atoms with E-state index in [-0.39, 0.29) is 0 Å². The second-order valence-corrected chi connectivity index (χ2v) is 3.16. The Hall–Kier alpha value is -2.90.